The lowest BCUT2D eigenvalue weighted by molar-refractivity contribution is -0.141. The fourth-order valence-corrected chi connectivity index (χ4v) is 3.36. The van der Waals surface area contributed by atoms with Crippen molar-refractivity contribution in [2.24, 2.45) is 5.92 Å². The maximum Gasteiger partial charge on any atom is 0.306 e. The number of aromatic hydroxyl groups is 2. The van der Waals surface area contributed by atoms with Crippen molar-refractivity contribution < 1.29 is 24.2 Å². The summed E-state index contributed by atoms with van der Waals surface area (Å²) in [6, 6.07) is 11.5. The van der Waals surface area contributed by atoms with E-state index in [-0.39, 0.29) is 34.8 Å². The van der Waals surface area contributed by atoms with E-state index in [0.29, 0.717) is 16.9 Å². The van der Waals surface area contributed by atoms with Gasteiger partial charge in [0.05, 0.1) is 13.5 Å². The Morgan fingerprint density at radius 3 is 2.39 bits per heavy atom. The van der Waals surface area contributed by atoms with Crippen LogP contribution in [0.5, 0.6) is 11.5 Å². The molecule has 1 heterocycles. The fraction of sp³-hybridized carbons (Fsp3) is 0.273. The van der Waals surface area contributed by atoms with E-state index < -0.39 is 17.3 Å². The highest BCUT2D eigenvalue weighted by atomic mass is 16.5. The summed E-state index contributed by atoms with van der Waals surface area (Å²) in [5.41, 5.74) is 0.637. The van der Waals surface area contributed by atoms with Crippen LogP contribution in [0.1, 0.15) is 31.7 Å². The minimum Gasteiger partial charge on any atom is -0.507 e. The summed E-state index contributed by atoms with van der Waals surface area (Å²) >= 11 is 0. The van der Waals surface area contributed by atoms with Gasteiger partial charge in [0.15, 0.2) is 5.43 Å². The van der Waals surface area contributed by atoms with Gasteiger partial charge in [-0.3, -0.25) is 9.59 Å². The van der Waals surface area contributed by atoms with Gasteiger partial charge in [-0.25, -0.2) is 0 Å². The van der Waals surface area contributed by atoms with E-state index >= 15 is 0 Å². The Morgan fingerprint density at radius 1 is 1.11 bits per heavy atom. The molecule has 6 heteroatoms. The Hall–Kier alpha value is -3.28. The Bertz CT molecular complexity index is 1070. The predicted octanol–water partition coefficient (Wildman–Crippen LogP) is 4.17. The number of carbonyl (C=O) groups is 1. The van der Waals surface area contributed by atoms with Crippen molar-refractivity contribution in [2.75, 3.05) is 7.11 Å². The molecule has 28 heavy (non-hydrogen) atoms. The van der Waals surface area contributed by atoms with Crippen LogP contribution in [0, 0.1) is 5.92 Å². The largest absolute Gasteiger partial charge is 0.507 e. The van der Waals surface area contributed by atoms with Gasteiger partial charge in [-0.05, 0) is 5.92 Å². The number of rotatable bonds is 5. The van der Waals surface area contributed by atoms with E-state index in [1.807, 2.05) is 32.0 Å². The first-order valence-corrected chi connectivity index (χ1v) is 8.98. The zero-order chi connectivity index (χ0) is 20.4. The zero-order valence-electron chi connectivity index (χ0n) is 15.9. The first-order chi connectivity index (χ1) is 13.3. The van der Waals surface area contributed by atoms with E-state index in [1.54, 1.807) is 12.1 Å². The van der Waals surface area contributed by atoms with Crippen LogP contribution in [0.15, 0.2) is 51.7 Å². The number of esters is 1. The average Bonchev–Trinajstić information content (AvgIpc) is 2.66. The molecular formula is C22H22O6. The molecule has 0 fully saturated rings. The number of carbonyl (C=O) groups excluding carboxylic acids is 1. The molecule has 0 aliphatic rings. The van der Waals surface area contributed by atoms with E-state index in [2.05, 4.69) is 0 Å². The minimum atomic E-state index is -0.468. The van der Waals surface area contributed by atoms with Crippen LogP contribution in [0.2, 0.25) is 0 Å². The van der Waals surface area contributed by atoms with Crippen molar-refractivity contribution in [2.45, 2.75) is 26.2 Å². The van der Waals surface area contributed by atoms with Crippen LogP contribution in [-0.4, -0.2) is 23.3 Å². The number of hydrogen-bond donors (Lipinski definition) is 2. The monoisotopic (exact) mass is 382 g/mol. The van der Waals surface area contributed by atoms with Crippen molar-refractivity contribution in [3.05, 3.63) is 58.3 Å². The van der Waals surface area contributed by atoms with Crippen molar-refractivity contribution >= 4 is 16.9 Å². The number of phenols is 2. The standard InChI is InChI=1S/C22H22O6/c1-12(2)14(9-19(26)27-3)20-15(23)10-16(24)21-17(25)11-18(28-22(20)21)13-7-5-4-6-8-13/h4-8,10-12,14,23-24H,9H2,1-3H3/t14-/m0/s1. The van der Waals surface area contributed by atoms with E-state index in [4.69, 9.17) is 9.15 Å². The van der Waals surface area contributed by atoms with Gasteiger partial charge in [-0.2, -0.15) is 0 Å². The summed E-state index contributed by atoms with van der Waals surface area (Å²) in [5.74, 6) is -1.27. The second kappa shape index (κ2) is 7.76. The maximum absolute atomic E-state index is 12.7. The first kappa shape index (κ1) is 19.5. The Morgan fingerprint density at radius 2 is 1.79 bits per heavy atom. The summed E-state index contributed by atoms with van der Waals surface area (Å²) in [7, 11) is 1.29. The molecule has 0 spiro atoms. The van der Waals surface area contributed by atoms with Gasteiger partial charge in [0, 0.05) is 29.2 Å². The summed E-state index contributed by atoms with van der Waals surface area (Å²) < 4.78 is 10.8. The van der Waals surface area contributed by atoms with Crippen LogP contribution >= 0.6 is 0 Å². The van der Waals surface area contributed by atoms with Gasteiger partial charge < -0.3 is 19.4 Å². The smallest absolute Gasteiger partial charge is 0.306 e. The second-order valence-electron chi connectivity index (χ2n) is 7.00. The molecule has 0 aliphatic heterocycles. The van der Waals surface area contributed by atoms with Gasteiger partial charge >= 0.3 is 5.97 Å². The SMILES string of the molecule is COC(=O)C[C@H](c1c(O)cc(O)c2c(=O)cc(-c3ccccc3)oc12)C(C)C. The highest BCUT2D eigenvalue weighted by molar-refractivity contribution is 5.90. The molecule has 0 saturated carbocycles. The van der Waals surface area contributed by atoms with Gasteiger partial charge in [-0.1, -0.05) is 44.2 Å². The predicted molar refractivity (Wildman–Crippen MR) is 105 cm³/mol. The van der Waals surface area contributed by atoms with Crippen LogP contribution in [0.4, 0.5) is 0 Å². The molecule has 3 aromatic rings. The molecule has 0 saturated heterocycles. The minimum absolute atomic E-state index is 0.000870. The fourth-order valence-electron chi connectivity index (χ4n) is 3.36. The molecular weight excluding hydrogens is 360 g/mol. The molecule has 6 nitrogen and oxygen atoms in total. The lowest BCUT2D eigenvalue weighted by atomic mass is 9.84. The molecule has 1 aromatic heterocycles. The lowest BCUT2D eigenvalue weighted by Crippen LogP contribution is -2.15. The summed E-state index contributed by atoms with van der Waals surface area (Å²) in [5, 5.41) is 20.8. The maximum atomic E-state index is 12.7. The Kier molecular flexibility index (Phi) is 5.40. The second-order valence-corrected chi connectivity index (χ2v) is 7.00. The lowest BCUT2D eigenvalue weighted by Gasteiger charge is -2.22. The zero-order valence-corrected chi connectivity index (χ0v) is 15.9. The Balaban J connectivity index is 2.34. The van der Waals surface area contributed by atoms with Crippen molar-refractivity contribution in [3.8, 4) is 22.8 Å². The average molecular weight is 382 g/mol. The normalized spacial score (nSPS) is 12.3. The number of hydrogen-bond acceptors (Lipinski definition) is 6. The van der Waals surface area contributed by atoms with E-state index in [0.717, 1.165) is 6.07 Å². The molecule has 146 valence electrons. The molecule has 0 bridgehead atoms. The van der Waals surface area contributed by atoms with Gasteiger partial charge in [0.25, 0.3) is 0 Å². The summed E-state index contributed by atoms with van der Waals surface area (Å²) in [6.07, 6.45) is 0.000870. The van der Waals surface area contributed by atoms with Crippen molar-refractivity contribution in [1.29, 1.82) is 0 Å². The summed E-state index contributed by atoms with van der Waals surface area (Å²) in [6.45, 7) is 3.79. The highest BCUT2D eigenvalue weighted by Gasteiger charge is 2.28. The number of ether oxygens (including phenoxy) is 1. The third kappa shape index (κ3) is 3.58. The molecule has 0 aliphatic carbocycles. The molecule has 1 atom stereocenters. The quantitative estimate of drug-likeness (QED) is 0.643. The van der Waals surface area contributed by atoms with Crippen molar-refractivity contribution in [3.63, 3.8) is 0 Å². The van der Waals surface area contributed by atoms with Crippen LogP contribution in [-0.2, 0) is 9.53 Å². The van der Waals surface area contributed by atoms with Crippen molar-refractivity contribution in [1.82, 2.24) is 0 Å². The van der Waals surface area contributed by atoms with E-state index in [9.17, 15) is 19.8 Å². The topological polar surface area (TPSA) is 97.0 Å². The highest BCUT2D eigenvalue weighted by Crippen LogP contribution is 2.42. The molecule has 0 unspecified atom stereocenters. The third-order valence-corrected chi connectivity index (χ3v) is 4.85. The van der Waals surface area contributed by atoms with Crippen LogP contribution in [0.3, 0.4) is 0 Å². The molecule has 0 amide bonds. The molecule has 0 radical (unpaired) electrons. The van der Waals surface area contributed by atoms with Crippen LogP contribution in [0.25, 0.3) is 22.3 Å². The number of benzene rings is 2. The first-order valence-electron chi connectivity index (χ1n) is 8.98. The number of methoxy groups -OCH3 is 1. The van der Waals surface area contributed by atoms with Gasteiger partial charge in [-0.15, -0.1) is 0 Å². The third-order valence-electron chi connectivity index (χ3n) is 4.85. The molecule has 3 rings (SSSR count). The molecule has 2 N–H and O–H groups in total. The number of phenolic OH excluding ortho intramolecular Hbond substituents is 2. The van der Waals surface area contributed by atoms with Gasteiger partial charge in [0.1, 0.15) is 28.2 Å². The van der Waals surface area contributed by atoms with Gasteiger partial charge in [0.2, 0.25) is 0 Å². The summed E-state index contributed by atoms with van der Waals surface area (Å²) in [4.78, 5) is 24.7. The van der Waals surface area contributed by atoms with E-state index in [1.165, 1.54) is 13.2 Å². The van der Waals surface area contributed by atoms with Crippen LogP contribution < -0.4 is 5.43 Å². The Labute approximate surface area is 162 Å². The number of fused-ring (bicyclic) bond motifs is 1. The molecule has 2 aromatic carbocycles.